The highest BCUT2D eigenvalue weighted by Gasteiger charge is 2.21. The molecule has 0 aliphatic rings. The van der Waals surface area contributed by atoms with E-state index in [1.807, 2.05) is 6.07 Å². The Morgan fingerprint density at radius 1 is 1.21 bits per heavy atom. The van der Waals surface area contributed by atoms with Gasteiger partial charge in [-0.05, 0) is 17.7 Å². The predicted octanol–water partition coefficient (Wildman–Crippen LogP) is 3.94. The van der Waals surface area contributed by atoms with Crippen LogP contribution >= 0.6 is 11.6 Å². The molecule has 0 radical (unpaired) electrons. The average molecular weight is 370 g/mol. The Balaban J connectivity index is 2.44. The summed E-state index contributed by atoms with van der Waals surface area (Å²) in [4.78, 5) is 15.7. The van der Waals surface area contributed by atoms with Crippen molar-refractivity contribution in [2.24, 2.45) is 0 Å². The third-order valence-corrected chi connectivity index (χ3v) is 6.00. The average Bonchev–Trinajstić information content (AvgIpc) is 2.50. The minimum atomic E-state index is -1.63. The Labute approximate surface area is 145 Å². The van der Waals surface area contributed by atoms with E-state index in [1.165, 1.54) is 13.2 Å². The Hall–Kier alpha value is -1.79. The van der Waals surface area contributed by atoms with Crippen molar-refractivity contribution < 1.29 is 18.3 Å². The number of nitrogens with zero attached hydrogens (tertiary/aromatic N) is 1. The van der Waals surface area contributed by atoms with Gasteiger partial charge in [0.05, 0.1) is 26.4 Å². The van der Waals surface area contributed by atoms with E-state index in [-0.39, 0.29) is 28.6 Å². The third kappa shape index (κ3) is 3.99. The van der Waals surface area contributed by atoms with Crippen LogP contribution in [0.3, 0.4) is 0 Å². The number of methoxy groups -OCH3 is 1. The van der Waals surface area contributed by atoms with E-state index in [0.29, 0.717) is 5.56 Å². The predicted molar refractivity (Wildman–Crippen MR) is 92.7 cm³/mol. The topological polar surface area (TPSA) is 39.2 Å². The van der Waals surface area contributed by atoms with Crippen molar-refractivity contribution in [2.45, 2.75) is 26.1 Å². The zero-order chi connectivity index (χ0) is 18.1. The number of pyridine rings is 1. The molecule has 0 amide bonds. The van der Waals surface area contributed by atoms with Crippen LogP contribution in [0, 0.1) is 11.6 Å². The maximum Gasteiger partial charge on any atom is 0.339 e. The highest BCUT2D eigenvalue weighted by molar-refractivity contribution is 6.88. The number of hydrogen-bond acceptors (Lipinski definition) is 3. The van der Waals surface area contributed by atoms with Gasteiger partial charge in [0.15, 0.2) is 11.0 Å². The van der Waals surface area contributed by atoms with E-state index in [1.54, 1.807) is 6.07 Å². The molecular formula is C17H18ClF2NO2Si. The fraction of sp³-hybridized carbons (Fsp3) is 0.294. The van der Waals surface area contributed by atoms with E-state index in [4.69, 9.17) is 11.6 Å². The van der Waals surface area contributed by atoms with E-state index < -0.39 is 19.9 Å². The van der Waals surface area contributed by atoms with Crippen LogP contribution in [0.25, 0.3) is 0 Å². The Morgan fingerprint density at radius 3 is 2.42 bits per heavy atom. The molecule has 3 nitrogen and oxygen atoms in total. The van der Waals surface area contributed by atoms with Crippen LogP contribution in [0.2, 0.25) is 24.8 Å². The molecule has 0 bridgehead atoms. The van der Waals surface area contributed by atoms with Gasteiger partial charge in [-0.25, -0.2) is 18.6 Å². The van der Waals surface area contributed by atoms with Gasteiger partial charge in [-0.3, -0.25) is 0 Å². The van der Waals surface area contributed by atoms with Gasteiger partial charge in [-0.15, -0.1) is 0 Å². The SMILES string of the molecule is COC(=O)c1cc(F)c(Cl)nc1Cc1ccc([Si](C)(C)C)cc1F. The first-order valence-electron chi connectivity index (χ1n) is 7.35. The van der Waals surface area contributed by atoms with Gasteiger partial charge in [0.1, 0.15) is 5.82 Å². The van der Waals surface area contributed by atoms with Crippen LogP contribution in [0.5, 0.6) is 0 Å². The minimum Gasteiger partial charge on any atom is -0.465 e. The quantitative estimate of drug-likeness (QED) is 0.465. The Bertz CT molecular complexity index is 791. The molecule has 128 valence electrons. The van der Waals surface area contributed by atoms with Gasteiger partial charge in [0, 0.05) is 6.42 Å². The number of benzene rings is 1. The van der Waals surface area contributed by atoms with Crippen LogP contribution in [-0.2, 0) is 11.2 Å². The molecule has 2 rings (SSSR count). The number of aromatic nitrogens is 1. The lowest BCUT2D eigenvalue weighted by atomic mass is 10.0. The number of esters is 1. The number of halogens is 3. The van der Waals surface area contributed by atoms with Crippen molar-refractivity contribution in [3.05, 3.63) is 57.9 Å². The van der Waals surface area contributed by atoms with Crippen LogP contribution in [0.4, 0.5) is 8.78 Å². The zero-order valence-electron chi connectivity index (χ0n) is 13.9. The molecule has 0 saturated heterocycles. The fourth-order valence-electron chi connectivity index (χ4n) is 2.26. The number of carbonyl (C=O) groups excluding carboxylic acids is 1. The van der Waals surface area contributed by atoms with Gasteiger partial charge in [-0.2, -0.15) is 0 Å². The number of carbonyl (C=O) groups is 1. The van der Waals surface area contributed by atoms with Gasteiger partial charge < -0.3 is 4.74 Å². The molecule has 2 aromatic rings. The van der Waals surface area contributed by atoms with Gasteiger partial charge in [-0.1, -0.05) is 48.6 Å². The van der Waals surface area contributed by atoms with Crippen LogP contribution in [0.1, 0.15) is 21.6 Å². The standard InChI is InChI=1S/C17H18ClF2NO2Si/c1-23-17(22)12-9-14(20)16(18)21-15(12)7-10-5-6-11(8-13(10)19)24(2,3)4/h5-6,8-9H,7H2,1-4H3. The molecule has 7 heteroatoms. The van der Waals surface area contributed by atoms with Crippen molar-refractivity contribution in [1.82, 2.24) is 4.98 Å². The fourth-order valence-corrected chi connectivity index (χ4v) is 3.56. The molecular weight excluding hydrogens is 352 g/mol. The molecule has 0 atom stereocenters. The molecule has 0 spiro atoms. The summed E-state index contributed by atoms with van der Waals surface area (Å²) in [7, 11) is -0.449. The van der Waals surface area contributed by atoms with Crippen molar-refractivity contribution in [2.75, 3.05) is 7.11 Å². The number of hydrogen-bond donors (Lipinski definition) is 0. The molecule has 1 aromatic heterocycles. The highest BCUT2D eigenvalue weighted by atomic mass is 35.5. The van der Waals surface area contributed by atoms with Crippen molar-refractivity contribution >= 4 is 30.8 Å². The first-order valence-corrected chi connectivity index (χ1v) is 11.2. The maximum absolute atomic E-state index is 14.4. The van der Waals surface area contributed by atoms with Gasteiger partial charge in [0.2, 0.25) is 0 Å². The monoisotopic (exact) mass is 369 g/mol. The molecule has 0 saturated carbocycles. The highest BCUT2D eigenvalue weighted by Crippen LogP contribution is 2.21. The lowest BCUT2D eigenvalue weighted by molar-refractivity contribution is 0.0598. The van der Waals surface area contributed by atoms with Crippen LogP contribution in [-0.4, -0.2) is 26.1 Å². The molecule has 0 fully saturated rings. The van der Waals surface area contributed by atoms with Crippen molar-refractivity contribution in [3.63, 3.8) is 0 Å². The molecule has 1 heterocycles. The molecule has 1 aromatic carbocycles. The lowest BCUT2D eigenvalue weighted by Crippen LogP contribution is -2.37. The van der Waals surface area contributed by atoms with Crippen LogP contribution in [0.15, 0.2) is 24.3 Å². The molecule has 0 aliphatic carbocycles. The summed E-state index contributed by atoms with van der Waals surface area (Å²) in [6, 6.07) is 6.03. The summed E-state index contributed by atoms with van der Waals surface area (Å²) >= 11 is 5.70. The van der Waals surface area contributed by atoms with Crippen molar-refractivity contribution in [1.29, 1.82) is 0 Å². The largest absolute Gasteiger partial charge is 0.465 e. The normalized spacial score (nSPS) is 11.5. The Kier molecular flexibility index (Phi) is 5.40. The first-order chi connectivity index (χ1) is 11.1. The van der Waals surface area contributed by atoms with Gasteiger partial charge >= 0.3 is 5.97 Å². The summed E-state index contributed by atoms with van der Waals surface area (Å²) < 4.78 is 32.6. The first kappa shape index (κ1) is 18.5. The molecule has 24 heavy (non-hydrogen) atoms. The molecule has 0 aliphatic heterocycles. The molecule has 0 unspecified atom stereocenters. The van der Waals surface area contributed by atoms with E-state index in [0.717, 1.165) is 11.3 Å². The second-order valence-corrected chi connectivity index (χ2v) is 11.9. The zero-order valence-corrected chi connectivity index (χ0v) is 15.7. The summed E-state index contributed by atoms with van der Waals surface area (Å²) in [5.74, 6) is -1.95. The van der Waals surface area contributed by atoms with E-state index >= 15 is 0 Å². The van der Waals surface area contributed by atoms with Crippen LogP contribution < -0.4 is 5.19 Å². The van der Waals surface area contributed by atoms with Gasteiger partial charge in [0.25, 0.3) is 0 Å². The second kappa shape index (κ2) is 6.99. The third-order valence-electron chi connectivity index (χ3n) is 3.69. The number of ether oxygens (including phenoxy) is 1. The smallest absolute Gasteiger partial charge is 0.339 e. The van der Waals surface area contributed by atoms with E-state index in [9.17, 15) is 13.6 Å². The Morgan fingerprint density at radius 2 is 1.88 bits per heavy atom. The number of rotatable bonds is 4. The summed E-state index contributed by atoms with van der Waals surface area (Å²) in [5, 5.41) is 0.624. The minimum absolute atomic E-state index is 0.0161. The molecule has 0 N–H and O–H groups in total. The maximum atomic E-state index is 14.4. The van der Waals surface area contributed by atoms with E-state index in [2.05, 4.69) is 29.4 Å². The van der Waals surface area contributed by atoms with Crippen molar-refractivity contribution in [3.8, 4) is 0 Å². The lowest BCUT2D eigenvalue weighted by Gasteiger charge is -2.17. The summed E-state index contributed by atoms with van der Waals surface area (Å²) in [5.41, 5.74) is 0.471. The second-order valence-electron chi connectivity index (χ2n) is 6.48. The summed E-state index contributed by atoms with van der Waals surface area (Å²) in [6.45, 7) is 6.37. The summed E-state index contributed by atoms with van der Waals surface area (Å²) in [6.07, 6.45) is 0.0161.